The topological polar surface area (TPSA) is 57.9 Å². The van der Waals surface area contributed by atoms with Crippen molar-refractivity contribution in [2.45, 2.75) is 18.4 Å². The first-order valence-corrected chi connectivity index (χ1v) is 8.16. The van der Waals surface area contributed by atoms with Crippen LogP contribution in [0.1, 0.15) is 22.3 Å². The number of hydrogen-bond acceptors (Lipinski definition) is 3. The van der Waals surface area contributed by atoms with E-state index >= 15 is 0 Å². The fourth-order valence-electron chi connectivity index (χ4n) is 2.13. The van der Waals surface area contributed by atoms with E-state index in [1.54, 1.807) is 18.2 Å². The summed E-state index contributed by atoms with van der Waals surface area (Å²) in [5.41, 5.74) is 2.05. The number of nitriles is 1. The highest BCUT2D eigenvalue weighted by atomic mass is 32.2. The van der Waals surface area contributed by atoms with Crippen molar-refractivity contribution in [1.82, 2.24) is 0 Å². The van der Waals surface area contributed by atoms with E-state index in [1.165, 1.54) is 6.07 Å². The van der Waals surface area contributed by atoms with Crippen molar-refractivity contribution in [2.75, 3.05) is 0 Å². The van der Waals surface area contributed by atoms with E-state index in [4.69, 9.17) is 5.26 Å². The van der Waals surface area contributed by atoms with Gasteiger partial charge in [0.2, 0.25) is 0 Å². The van der Waals surface area contributed by atoms with Gasteiger partial charge in [-0.2, -0.15) is 5.26 Å². The van der Waals surface area contributed by atoms with E-state index in [2.05, 4.69) is 0 Å². The molecule has 0 radical (unpaired) electrons. The van der Waals surface area contributed by atoms with Gasteiger partial charge in [-0.3, -0.25) is 0 Å². The maximum Gasteiger partial charge on any atom is 0.158 e. The summed E-state index contributed by atoms with van der Waals surface area (Å²) in [5.74, 6) is -1.02. The third-order valence-electron chi connectivity index (χ3n) is 3.03. The standard InChI is InChI=1S/C16H14FNO2S/c1-12-3-2-4-13(7-12)10-21(19,20)11-15-8-16(17)6-5-14(15)9-18/h2-8H,10-11H2,1H3. The Bertz CT molecular complexity index is 807. The zero-order valence-electron chi connectivity index (χ0n) is 11.5. The van der Waals surface area contributed by atoms with E-state index in [9.17, 15) is 12.8 Å². The monoisotopic (exact) mass is 303 g/mol. The largest absolute Gasteiger partial charge is 0.228 e. The highest BCUT2D eigenvalue weighted by Gasteiger charge is 2.16. The molecule has 0 N–H and O–H groups in total. The first-order chi connectivity index (χ1) is 9.89. The Morgan fingerprint density at radius 3 is 2.57 bits per heavy atom. The molecule has 0 fully saturated rings. The molecule has 0 aliphatic heterocycles. The molecule has 21 heavy (non-hydrogen) atoms. The van der Waals surface area contributed by atoms with E-state index < -0.39 is 15.7 Å². The van der Waals surface area contributed by atoms with Crippen LogP contribution in [-0.4, -0.2) is 8.42 Å². The predicted octanol–water partition coefficient (Wildman–Crippen LogP) is 3.12. The minimum Gasteiger partial charge on any atom is -0.228 e. The molecule has 3 nitrogen and oxygen atoms in total. The third kappa shape index (κ3) is 4.14. The Balaban J connectivity index is 2.26. The van der Waals surface area contributed by atoms with E-state index in [-0.39, 0.29) is 22.6 Å². The molecule has 0 amide bonds. The minimum atomic E-state index is -3.47. The minimum absolute atomic E-state index is 0.129. The Morgan fingerprint density at radius 1 is 1.14 bits per heavy atom. The maximum atomic E-state index is 13.2. The quantitative estimate of drug-likeness (QED) is 0.872. The lowest BCUT2D eigenvalue weighted by Gasteiger charge is -2.07. The smallest absolute Gasteiger partial charge is 0.158 e. The molecular formula is C16H14FNO2S. The van der Waals surface area contributed by atoms with Crippen LogP contribution in [0.3, 0.4) is 0 Å². The van der Waals surface area contributed by atoms with Crippen molar-refractivity contribution in [3.63, 3.8) is 0 Å². The van der Waals surface area contributed by atoms with Crippen molar-refractivity contribution < 1.29 is 12.8 Å². The van der Waals surface area contributed by atoms with E-state index in [0.29, 0.717) is 5.56 Å². The Morgan fingerprint density at radius 2 is 1.90 bits per heavy atom. The second-order valence-corrected chi connectivity index (χ2v) is 7.00. The van der Waals surface area contributed by atoms with Gasteiger partial charge in [0, 0.05) is 0 Å². The van der Waals surface area contributed by atoms with Crippen molar-refractivity contribution >= 4 is 9.84 Å². The molecule has 0 bridgehead atoms. The van der Waals surface area contributed by atoms with Gasteiger partial charge in [0.15, 0.2) is 9.84 Å². The molecule has 0 aromatic heterocycles. The molecule has 0 heterocycles. The third-order valence-corrected chi connectivity index (χ3v) is 4.56. The summed E-state index contributed by atoms with van der Waals surface area (Å²) in [6.07, 6.45) is 0. The molecule has 0 unspecified atom stereocenters. The average Bonchev–Trinajstić information content (AvgIpc) is 2.37. The van der Waals surface area contributed by atoms with Crippen LogP contribution in [0.5, 0.6) is 0 Å². The van der Waals surface area contributed by atoms with Crippen LogP contribution < -0.4 is 0 Å². The molecule has 108 valence electrons. The first kappa shape index (κ1) is 15.2. The molecule has 0 spiro atoms. The van der Waals surface area contributed by atoms with Gasteiger partial charge >= 0.3 is 0 Å². The number of sulfone groups is 1. The fourth-order valence-corrected chi connectivity index (χ4v) is 3.64. The van der Waals surface area contributed by atoms with Crippen LogP contribution in [0.15, 0.2) is 42.5 Å². The van der Waals surface area contributed by atoms with Crippen LogP contribution in [0.2, 0.25) is 0 Å². The van der Waals surface area contributed by atoms with Crippen molar-refractivity contribution in [3.8, 4) is 6.07 Å². The summed E-state index contributed by atoms with van der Waals surface area (Å²) in [6, 6.07) is 12.7. The van der Waals surface area contributed by atoms with Crippen molar-refractivity contribution in [3.05, 3.63) is 70.5 Å². The molecule has 2 aromatic rings. The van der Waals surface area contributed by atoms with E-state index in [1.807, 2.05) is 19.1 Å². The van der Waals surface area contributed by atoms with Crippen LogP contribution in [0, 0.1) is 24.1 Å². The summed E-state index contributed by atoms with van der Waals surface area (Å²) < 4.78 is 37.7. The summed E-state index contributed by atoms with van der Waals surface area (Å²) >= 11 is 0. The van der Waals surface area contributed by atoms with Gasteiger partial charge in [-0.1, -0.05) is 29.8 Å². The lowest BCUT2D eigenvalue weighted by atomic mass is 10.1. The lowest BCUT2D eigenvalue weighted by molar-refractivity contribution is 0.593. The second-order valence-electron chi connectivity index (χ2n) is 4.93. The number of halogens is 1. The molecule has 2 aromatic carbocycles. The van der Waals surface area contributed by atoms with Crippen molar-refractivity contribution in [2.24, 2.45) is 0 Å². The lowest BCUT2D eigenvalue weighted by Crippen LogP contribution is -2.09. The number of rotatable bonds is 4. The molecule has 0 aliphatic rings. The number of hydrogen-bond donors (Lipinski definition) is 0. The molecule has 0 atom stereocenters. The fraction of sp³-hybridized carbons (Fsp3) is 0.188. The van der Waals surface area contributed by atoms with Crippen LogP contribution in [0.25, 0.3) is 0 Å². The molecule has 0 aliphatic carbocycles. The zero-order valence-corrected chi connectivity index (χ0v) is 12.3. The molecule has 0 saturated carbocycles. The van der Waals surface area contributed by atoms with Crippen molar-refractivity contribution in [1.29, 1.82) is 5.26 Å². The molecule has 5 heteroatoms. The molecular weight excluding hydrogens is 289 g/mol. The normalized spacial score (nSPS) is 11.1. The maximum absolute atomic E-state index is 13.2. The van der Waals surface area contributed by atoms with Gasteiger partial charge in [0.1, 0.15) is 5.82 Å². The summed E-state index contributed by atoms with van der Waals surface area (Å²) in [5, 5.41) is 8.97. The SMILES string of the molecule is Cc1cccc(CS(=O)(=O)Cc2cc(F)ccc2C#N)c1. The van der Waals surface area contributed by atoms with Crippen LogP contribution in [0.4, 0.5) is 4.39 Å². The highest BCUT2D eigenvalue weighted by Crippen LogP contribution is 2.17. The van der Waals surface area contributed by atoms with Crippen LogP contribution >= 0.6 is 0 Å². The Hall–Kier alpha value is -2.19. The van der Waals surface area contributed by atoms with E-state index in [0.717, 1.165) is 17.7 Å². The molecule has 0 saturated heterocycles. The number of benzene rings is 2. The van der Waals surface area contributed by atoms with Gasteiger partial charge in [-0.25, -0.2) is 12.8 Å². The summed E-state index contributed by atoms with van der Waals surface area (Å²) in [7, 11) is -3.47. The van der Waals surface area contributed by atoms with Gasteiger partial charge in [0.05, 0.1) is 23.1 Å². The highest BCUT2D eigenvalue weighted by molar-refractivity contribution is 7.89. The average molecular weight is 303 g/mol. The van der Waals surface area contributed by atoms with Gasteiger partial charge in [-0.15, -0.1) is 0 Å². The predicted molar refractivity (Wildman–Crippen MR) is 78.6 cm³/mol. The first-order valence-electron chi connectivity index (χ1n) is 6.34. The van der Waals surface area contributed by atoms with Gasteiger partial charge in [-0.05, 0) is 36.2 Å². The van der Waals surface area contributed by atoms with Gasteiger partial charge in [0.25, 0.3) is 0 Å². The zero-order chi connectivity index (χ0) is 15.5. The van der Waals surface area contributed by atoms with Gasteiger partial charge < -0.3 is 0 Å². The Labute approximate surface area is 123 Å². The Kier molecular flexibility index (Phi) is 4.39. The summed E-state index contributed by atoms with van der Waals surface area (Å²) in [4.78, 5) is 0. The number of aryl methyl sites for hydroxylation is 1. The second kappa shape index (κ2) is 6.06. The number of nitrogens with zero attached hydrogens (tertiary/aromatic N) is 1. The van der Waals surface area contributed by atoms with Crippen LogP contribution in [-0.2, 0) is 21.3 Å². The summed E-state index contributed by atoms with van der Waals surface area (Å²) in [6.45, 7) is 1.89. The molecule has 2 rings (SSSR count).